The van der Waals surface area contributed by atoms with Crippen molar-refractivity contribution in [2.45, 2.75) is 37.8 Å². The van der Waals surface area contributed by atoms with E-state index < -0.39 is 10.4 Å². The van der Waals surface area contributed by atoms with Gasteiger partial charge in [0.1, 0.15) is 0 Å². The van der Waals surface area contributed by atoms with Crippen LogP contribution >= 0.6 is 0 Å². The summed E-state index contributed by atoms with van der Waals surface area (Å²) in [7, 11) is -4.67. The van der Waals surface area contributed by atoms with Gasteiger partial charge in [-0.2, -0.15) is 8.42 Å². The summed E-state index contributed by atoms with van der Waals surface area (Å²) in [5.41, 5.74) is 0. The molecule has 0 aliphatic heterocycles. The maximum absolute atomic E-state index is 8.74. The van der Waals surface area contributed by atoms with Crippen molar-refractivity contribution in [1.29, 1.82) is 0 Å². The van der Waals surface area contributed by atoms with Crippen molar-refractivity contribution in [3.63, 3.8) is 0 Å². The molecule has 82 valence electrons. The molecule has 2 aliphatic rings. The first-order chi connectivity index (χ1) is 5.45. The maximum atomic E-state index is 8.74. The second-order valence-corrected chi connectivity index (χ2v) is 4.06. The van der Waals surface area contributed by atoms with Gasteiger partial charge in [0.05, 0.1) is 0 Å². The minimum atomic E-state index is -4.67. The summed E-state index contributed by atoms with van der Waals surface area (Å²) in [6, 6.07) is 1.87. The summed E-state index contributed by atoms with van der Waals surface area (Å²) in [5.74, 6) is 0. The fourth-order valence-corrected chi connectivity index (χ4v) is 0.833. The molecular formula is C6H13NO4PtS. The minimum absolute atomic E-state index is 0. The van der Waals surface area contributed by atoms with Crippen LogP contribution in [0.3, 0.4) is 0 Å². The van der Waals surface area contributed by atoms with Gasteiger partial charge >= 0.3 is 10.4 Å². The molecular weight excluding hydrogens is 377 g/mol. The fourth-order valence-electron chi connectivity index (χ4n) is 0.833. The molecule has 0 aromatic rings. The first-order valence-corrected chi connectivity index (χ1v) is 5.31. The number of rotatable bonds is 2. The fraction of sp³-hybridized carbons (Fsp3) is 1.00. The van der Waals surface area contributed by atoms with Gasteiger partial charge in [-0.15, -0.1) is 0 Å². The van der Waals surface area contributed by atoms with E-state index in [4.69, 9.17) is 17.5 Å². The second-order valence-electron chi connectivity index (χ2n) is 3.16. The van der Waals surface area contributed by atoms with Crippen LogP contribution in [0.2, 0.25) is 0 Å². The monoisotopic (exact) mass is 390 g/mol. The average molecular weight is 390 g/mol. The molecule has 0 aromatic carbocycles. The summed E-state index contributed by atoms with van der Waals surface area (Å²) < 4.78 is 31.6. The molecule has 5 nitrogen and oxygen atoms in total. The molecule has 0 unspecified atom stereocenters. The Bertz CT molecular complexity index is 217. The molecule has 3 N–H and O–H groups in total. The standard InChI is InChI=1S/C6H11N.H2O4S.Pt/c1-2-5(1)7-6-3-4-6;1-5(2,3)4;/h5-7H,1-4H2;(H2,1,2,3,4);. The summed E-state index contributed by atoms with van der Waals surface area (Å²) in [4.78, 5) is 0. The van der Waals surface area contributed by atoms with Crippen LogP contribution in [0, 0.1) is 0 Å². The van der Waals surface area contributed by atoms with Gasteiger partial charge in [0.25, 0.3) is 0 Å². The normalized spacial score (nSPS) is 21.1. The summed E-state index contributed by atoms with van der Waals surface area (Å²) in [5, 5.41) is 3.53. The van der Waals surface area contributed by atoms with Gasteiger partial charge < -0.3 is 5.32 Å². The minimum Gasteiger partial charge on any atom is -0.311 e. The van der Waals surface area contributed by atoms with Gasteiger partial charge in [0.2, 0.25) is 0 Å². The van der Waals surface area contributed by atoms with Crippen molar-refractivity contribution in [3.05, 3.63) is 0 Å². The van der Waals surface area contributed by atoms with Crippen LogP contribution in [0.5, 0.6) is 0 Å². The zero-order chi connectivity index (χ0) is 9.19. The van der Waals surface area contributed by atoms with Gasteiger partial charge in [-0.1, -0.05) is 0 Å². The third-order valence-electron chi connectivity index (χ3n) is 1.63. The van der Waals surface area contributed by atoms with Crippen LogP contribution in [0.15, 0.2) is 0 Å². The molecule has 2 saturated carbocycles. The van der Waals surface area contributed by atoms with E-state index in [1.54, 1.807) is 0 Å². The van der Waals surface area contributed by atoms with Gasteiger partial charge in [-0.25, -0.2) is 0 Å². The molecule has 2 aliphatic carbocycles. The summed E-state index contributed by atoms with van der Waals surface area (Å²) >= 11 is 0. The molecule has 0 radical (unpaired) electrons. The molecule has 0 aromatic heterocycles. The van der Waals surface area contributed by atoms with Crippen molar-refractivity contribution in [3.8, 4) is 0 Å². The van der Waals surface area contributed by atoms with Crippen LogP contribution in [0.4, 0.5) is 0 Å². The van der Waals surface area contributed by atoms with Gasteiger partial charge in [-0.3, -0.25) is 9.11 Å². The largest absolute Gasteiger partial charge is 0.394 e. The molecule has 0 bridgehead atoms. The Labute approximate surface area is 92.1 Å². The molecule has 0 saturated heterocycles. The molecule has 0 spiro atoms. The van der Waals surface area contributed by atoms with E-state index in [1.807, 2.05) is 0 Å². The van der Waals surface area contributed by atoms with Gasteiger partial charge in [-0.05, 0) is 25.7 Å². The van der Waals surface area contributed by atoms with E-state index >= 15 is 0 Å². The van der Waals surface area contributed by atoms with Crippen LogP contribution < -0.4 is 5.32 Å². The topological polar surface area (TPSA) is 86.6 Å². The van der Waals surface area contributed by atoms with E-state index in [2.05, 4.69) is 5.32 Å². The molecule has 0 atom stereocenters. The van der Waals surface area contributed by atoms with Crippen molar-refractivity contribution < 1.29 is 38.6 Å². The second kappa shape index (κ2) is 5.41. The van der Waals surface area contributed by atoms with Crippen molar-refractivity contribution in [2.75, 3.05) is 0 Å². The SMILES string of the molecule is C1CC1NC1CC1.O=S(=O)(O)O.[Pt]. The predicted octanol–water partition coefficient (Wildman–Crippen LogP) is 0.246. The molecule has 0 amide bonds. The van der Waals surface area contributed by atoms with Crippen molar-refractivity contribution in [1.82, 2.24) is 5.32 Å². The van der Waals surface area contributed by atoms with Crippen molar-refractivity contribution >= 4 is 10.4 Å². The van der Waals surface area contributed by atoms with E-state index in [-0.39, 0.29) is 21.1 Å². The van der Waals surface area contributed by atoms with Gasteiger partial charge in [0.15, 0.2) is 0 Å². The third kappa shape index (κ3) is 12.5. The van der Waals surface area contributed by atoms with E-state index in [0.717, 1.165) is 12.1 Å². The molecule has 7 heteroatoms. The zero-order valence-electron chi connectivity index (χ0n) is 6.92. The maximum Gasteiger partial charge on any atom is 0.394 e. The smallest absolute Gasteiger partial charge is 0.311 e. The Balaban J connectivity index is 0.000000220. The quantitative estimate of drug-likeness (QED) is 0.589. The third-order valence-corrected chi connectivity index (χ3v) is 1.63. The van der Waals surface area contributed by atoms with E-state index in [0.29, 0.717) is 0 Å². The zero-order valence-corrected chi connectivity index (χ0v) is 10.0. The number of hydrogen-bond donors (Lipinski definition) is 3. The van der Waals surface area contributed by atoms with Gasteiger partial charge in [0, 0.05) is 33.1 Å². The number of nitrogens with one attached hydrogen (secondary N) is 1. The Hall–Kier alpha value is 0.518. The summed E-state index contributed by atoms with van der Waals surface area (Å²) in [6.07, 6.45) is 5.76. The van der Waals surface area contributed by atoms with E-state index in [9.17, 15) is 0 Å². The summed E-state index contributed by atoms with van der Waals surface area (Å²) in [6.45, 7) is 0. The molecule has 2 rings (SSSR count). The Morgan fingerprint density at radius 2 is 1.23 bits per heavy atom. The molecule has 13 heavy (non-hydrogen) atoms. The molecule has 2 fully saturated rings. The average Bonchev–Trinajstić information content (AvgIpc) is 2.57. The first kappa shape index (κ1) is 13.5. The predicted molar refractivity (Wildman–Crippen MR) is 43.4 cm³/mol. The number of hydrogen-bond acceptors (Lipinski definition) is 3. The van der Waals surface area contributed by atoms with Crippen LogP contribution in [0.1, 0.15) is 25.7 Å². The van der Waals surface area contributed by atoms with Crippen LogP contribution in [-0.2, 0) is 31.5 Å². The first-order valence-electron chi connectivity index (χ1n) is 3.91. The molecule has 0 heterocycles. The Kier molecular flexibility index (Phi) is 5.63. The van der Waals surface area contributed by atoms with Crippen LogP contribution in [-0.4, -0.2) is 29.6 Å². The Morgan fingerprint density at radius 3 is 1.38 bits per heavy atom. The van der Waals surface area contributed by atoms with Crippen LogP contribution in [0.25, 0.3) is 0 Å². The Morgan fingerprint density at radius 1 is 1.00 bits per heavy atom. The van der Waals surface area contributed by atoms with E-state index in [1.165, 1.54) is 25.7 Å². The van der Waals surface area contributed by atoms with Crippen molar-refractivity contribution in [2.24, 2.45) is 0 Å².